The summed E-state index contributed by atoms with van der Waals surface area (Å²) < 4.78 is 6.12. The molecule has 0 aromatic carbocycles. The molecule has 0 aromatic rings. The van der Waals surface area contributed by atoms with Crippen LogP contribution >= 0.6 is 0 Å². The first-order valence-corrected chi connectivity index (χ1v) is 6.18. The van der Waals surface area contributed by atoms with Crippen molar-refractivity contribution < 1.29 is 4.74 Å². The Morgan fingerprint density at radius 3 is 2.79 bits per heavy atom. The van der Waals surface area contributed by atoms with E-state index in [0.717, 1.165) is 18.4 Å². The molecular weight excluding hydrogens is 172 g/mol. The van der Waals surface area contributed by atoms with Crippen LogP contribution in [0.5, 0.6) is 0 Å². The lowest BCUT2D eigenvalue weighted by Gasteiger charge is -2.23. The Labute approximate surface area is 86.5 Å². The molecule has 0 aliphatic heterocycles. The monoisotopic (exact) mass is 192 g/mol. The summed E-state index contributed by atoms with van der Waals surface area (Å²) in [5.74, 6) is 1.91. The Morgan fingerprint density at radius 2 is 2.29 bits per heavy atom. The van der Waals surface area contributed by atoms with E-state index >= 15 is 0 Å². The molecule has 0 aromatic heterocycles. The van der Waals surface area contributed by atoms with Crippen molar-refractivity contribution in [3.63, 3.8) is 0 Å². The molecule has 0 heterocycles. The smallest absolute Gasteiger partial charge is 0.0748 e. The molecule has 78 valence electrons. The minimum absolute atomic E-state index is 0.359. The molecule has 2 fully saturated rings. The van der Waals surface area contributed by atoms with Gasteiger partial charge in [0, 0.05) is 0 Å². The van der Waals surface area contributed by atoms with Gasteiger partial charge in [-0.25, -0.2) is 0 Å². The van der Waals surface area contributed by atoms with E-state index in [1.165, 1.54) is 38.5 Å². The summed E-state index contributed by atoms with van der Waals surface area (Å²) in [6.45, 7) is 3.21. The Balaban J connectivity index is 1.51. The van der Waals surface area contributed by atoms with Gasteiger partial charge < -0.3 is 4.74 Å². The molecule has 3 atom stereocenters. The Kier molecular flexibility index (Phi) is 1.98. The normalized spacial score (nSPS) is 44.2. The number of rotatable bonds is 4. The quantitative estimate of drug-likeness (QED) is 0.621. The van der Waals surface area contributed by atoms with Crippen LogP contribution in [-0.2, 0) is 4.74 Å². The number of ether oxygens (including phenoxy) is 1. The molecule has 2 saturated carbocycles. The standard InChI is InChI=1S/C13H20O/c1-2-13(11-8-12(11)13)14-9-10-6-4-3-5-7-10/h6,11-12H,2-5,7-9H2,1H3/t11-,12+,13?. The molecule has 3 rings (SSSR count). The number of hydrogen-bond acceptors (Lipinski definition) is 1. The molecule has 1 heteroatoms. The van der Waals surface area contributed by atoms with Crippen LogP contribution in [0.3, 0.4) is 0 Å². The van der Waals surface area contributed by atoms with E-state index in [0.29, 0.717) is 5.60 Å². The van der Waals surface area contributed by atoms with E-state index < -0.39 is 0 Å². The van der Waals surface area contributed by atoms with Crippen LogP contribution < -0.4 is 0 Å². The van der Waals surface area contributed by atoms with Crippen molar-refractivity contribution in [1.29, 1.82) is 0 Å². The predicted octanol–water partition coefficient (Wildman–Crippen LogP) is 3.30. The van der Waals surface area contributed by atoms with Crippen LogP contribution in [0.15, 0.2) is 11.6 Å². The minimum atomic E-state index is 0.359. The molecule has 0 amide bonds. The van der Waals surface area contributed by atoms with Crippen LogP contribution in [0.1, 0.15) is 45.4 Å². The molecule has 0 saturated heterocycles. The summed E-state index contributed by atoms with van der Waals surface area (Å²) in [7, 11) is 0. The lowest BCUT2D eigenvalue weighted by molar-refractivity contribution is 0.000917. The van der Waals surface area contributed by atoms with Gasteiger partial charge in [0.2, 0.25) is 0 Å². The molecule has 0 radical (unpaired) electrons. The maximum atomic E-state index is 6.12. The second-order valence-electron chi connectivity index (χ2n) is 5.15. The number of fused-ring (bicyclic) bond motifs is 1. The van der Waals surface area contributed by atoms with Crippen LogP contribution in [0.4, 0.5) is 0 Å². The first kappa shape index (κ1) is 8.96. The highest BCUT2D eigenvalue weighted by atomic mass is 16.5. The summed E-state index contributed by atoms with van der Waals surface area (Å²) in [5, 5.41) is 0. The Morgan fingerprint density at radius 1 is 1.43 bits per heavy atom. The van der Waals surface area contributed by atoms with E-state index in [4.69, 9.17) is 4.74 Å². The highest BCUT2D eigenvalue weighted by Crippen LogP contribution is 2.74. The van der Waals surface area contributed by atoms with Gasteiger partial charge in [0.1, 0.15) is 0 Å². The van der Waals surface area contributed by atoms with Crippen molar-refractivity contribution in [1.82, 2.24) is 0 Å². The van der Waals surface area contributed by atoms with E-state index in [1.54, 1.807) is 5.57 Å². The number of hydrogen-bond donors (Lipinski definition) is 0. The van der Waals surface area contributed by atoms with E-state index in [2.05, 4.69) is 13.0 Å². The van der Waals surface area contributed by atoms with E-state index in [1.807, 2.05) is 0 Å². The van der Waals surface area contributed by atoms with Gasteiger partial charge >= 0.3 is 0 Å². The summed E-state index contributed by atoms with van der Waals surface area (Å²) in [5.41, 5.74) is 1.92. The van der Waals surface area contributed by atoms with Gasteiger partial charge in [-0.3, -0.25) is 0 Å². The van der Waals surface area contributed by atoms with Crippen molar-refractivity contribution in [2.45, 2.75) is 51.0 Å². The average Bonchev–Trinajstić information content (AvgIpc) is 3.10. The van der Waals surface area contributed by atoms with Gasteiger partial charge in [-0.15, -0.1) is 0 Å². The van der Waals surface area contributed by atoms with Crippen LogP contribution in [0.25, 0.3) is 0 Å². The zero-order valence-corrected chi connectivity index (χ0v) is 9.09. The summed E-state index contributed by atoms with van der Waals surface area (Å²) in [6.07, 6.45) is 10.4. The molecule has 14 heavy (non-hydrogen) atoms. The second kappa shape index (κ2) is 3.10. The maximum absolute atomic E-state index is 6.12. The summed E-state index contributed by atoms with van der Waals surface area (Å²) >= 11 is 0. The fourth-order valence-electron chi connectivity index (χ4n) is 3.11. The zero-order valence-electron chi connectivity index (χ0n) is 9.09. The van der Waals surface area contributed by atoms with Crippen molar-refractivity contribution in [3.8, 4) is 0 Å². The van der Waals surface area contributed by atoms with Crippen molar-refractivity contribution >= 4 is 0 Å². The lowest BCUT2D eigenvalue weighted by atomic mass is 10.00. The molecule has 3 aliphatic carbocycles. The predicted molar refractivity (Wildman–Crippen MR) is 57.1 cm³/mol. The molecule has 3 aliphatic rings. The molecule has 0 N–H and O–H groups in total. The zero-order chi connectivity index (χ0) is 9.60. The highest BCUT2D eigenvalue weighted by Gasteiger charge is 2.76. The third-order valence-electron chi connectivity index (χ3n) is 4.40. The second-order valence-corrected chi connectivity index (χ2v) is 5.15. The van der Waals surface area contributed by atoms with E-state index in [9.17, 15) is 0 Å². The van der Waals surface area contributed by atoms with E-state index in [-0.39, 0.29) is 0 Å². The highest BCUT2D eigenvalue weighted by molar-refractivity contribution is 5.26. The van der Waals surface area contributed by atoms with Gasteiger partial charge in [0.25, 0.3) is 0 Å². The van der Waals surface area contributed by atoms with Gasteiger partial charge in [0.05, 0.1) is 12.2 Å². The van der Waals surface area contributed by atoms with Crippen LogP contribution in [0, 0.1) is 11.8 Å². The third-order valence-corrected chi connectivity index (χ3v) is 4.40. The summed E-state index contributed by atoms with van der Waals surface area (Å²) in [6, 6.07) is 0. The minimum Gasteiger partial charge on any atom is -0.370 e. The average molecular weight is 192 g/mol. The molecule has 0 bridgehead atoms. The largest absolute Gasteiger partial charge is 0.370 e. The molecular formula is C13H20O. The summed E-state index contributed by atoms with van der Waals surface area (Å²) in [4.78, 5) is 0. The molecule has 1 nitrogen and oxygen atoms in total. The maximum Gasteiger partial charge on any atom is 0.0748 e. The lowest BCUT2D eigenvalue weighted by Crippen LogP contribution is -2.24. The fraction of sp³-hybridized carbons (Fsp3) is 0.846. The first-order chi connectivity index (χ1) is 6.87. The SMILES string of the molecule is CCC1(OCC2=CCCCC2)[C@@H]2C[C@@H]21. The number of allylic oxidation sites excluding steroid dienone is 1. The van der Waals surface area contributed by atoms with Gasteiger partial charge in [0.15, 0.2) is 0 Å². The third kappa shape index (κ3) is 1.25. The molecule has 0 spiro atoms. The first-order valence-electron chi connectivity index (χ1n) is 6.18. The van der Waals surface area contributed by atoms with Crippen LogP contribution in [0.2, 0.25) is 0 Å². The van der Waals surface area contributed by atoms with Gasteiger partial charge in [-0.05, 0) is 55.9 Å². The van der Waals surface area contributed by atoms with Gasteiger partial charge in [-0.1, -0.05) is 13.0 Å². The van der Waals surface area contributed by atoms with Crippen molar-refractivity contribution in [3.05, 3.63) is 11.6 Å². The van der Waals surface area contributed by atoms with Crippen LogP contribution in [-0.4, -0.2) is 12.2 Å². The van der Waals surface area contributed by atoms with Crippen molar-refractivity contribution in [2.75, 3.05) is 6.61 Å². The Hall–Kier alpha value is -0.300. The van der Waals surface area contributed by atoms with Crippen molar-refractivity contribution in [2.24, 2.45) is 11.8 Å². The molecule has 1 unspecified atom stereocenters. The Bertz CT molecular complexity index is 258. The van der Waals surface area contributed by atoms with Gasteiger partial charge in [-0.2, -0.15) is 0 Å². The fourth-order valence-corrected chi connectivity index (χ4v) is 3.11. The topological polar surface area (TPSA) is 9.23 Å².